The van der Waals surface area contributed by atoms with Gasteiger partial charge in [0.25, 0.3) is 0 Å². The van der Waals surface area contributed by atoms with Crippen molar-refractivity contribution in [3.8, 4) is 5.75 Å². The average molecular weight is 669 g/mol. The van der Waals surface area contributed by atoms with Crippen molar-refractivity contribution >= 4 is 52.4 Å². The SMILES string of the molecule is NC(CCC(=O)O)C(=O)NC(Cc1c[nH]c2ccccc12)C(=O)NC(CC(=O)O)C(=O)NC(Cc1ccc(O)cc1)C(=O)NCC(=O)O. The number of H-pyrrole nitrogens is 1. The third-order valence-corrected chi connectivity index (χ3v) is 7.17. The molecule has 3 rings (SSSR count). The van der Waals surface area contributed by atoms with E-state index in [4.69, 9.17) is 15.9 Å². The van der Waals surface area contributed by atoms with Gasteiger partial charge in [0.1, 0.15) is 30.4 Å². The van der Waals surface area contributed by atoms with E-state index in [1.54, 1.807) is 30.5 Å². The van der Waals surface area contributed by atoms with Crippen LogP contribution < -0.4 is 27.0 Å². The molecule has 17 heteroatoms. The number of para-hydroxylation sites is 1. The number of hydrogen-bond donors (Lipinski definition) is 10. The van der Waals surface area contributed by atoms with Gasteiger partial charge in [0.15, 0.2) is 0 Å². The molecule has 2 aromatic carbocycles. The molecule has 48 heavy (non-hydrogen) atoms. The van der Waals surface area contributed by atoms with Gasteiger partial charge in [-0.15, -0.1) is 0 Å². The summed E-state index contributed by atoms with van der Waals surface area (Å²) >= 11 is 0. The van der Waals surface area contributed by atoms with E-state index in [0.29, 0.717) is 16.5 Å². The highest BCUT2D eigenvalue weighted by Crippen LogP contribution is 2.19. The maximum atomic E-state index is 13.6. The molecule has 3 aromatic rings. The summed E-state index contributed by atoms with van der Waals surface area (Å²) in [6.45, 7) is -0.778. The van der Waals surface area contributed by atoms with Crippen LogP contribution in [0.15, 0.2) is 54.7 Å². The van der Waals surface area contributed by atoms with Crippen molar-refractivity contribution in [3.63, 3.8) is 0 Å². The molecule has 0 spiro atoms. The monoisotopic (exact) mass is 668 g/mol. The highest BCUT2D eigenvalue weighted by atomic mass is 16.4. The Balaban J connectivity index is 1.86. The fraction of sp³-hybridized carbons (Fsp3) is 0.323. The first-order valence-corrected chi connectivity index (χ1v) is 14.7. The molecule has 256 valence electrons. The second-order valence-corrected chi connectivity index (χ2v) is 10.9. The van der Waals surface area contributed by atoms with Gasteiger partial charge in [0.05, 0.1) is 12.5 Å². The van der Waals surface area contributed by atoms with Crippen molar-refractivity contribution in [1.29, 1.82) is 0 Å². The van der Waals surface area contributed by atoms with E-state index in [2.05, 4.69) is 26.3 Å². The average Bonchev–Trinajstić information content (AvgIpc) is 3.44. The molecule has 0 aliphatic rings. The number of benzene rings is 2. The van der Waals surface area contributed by atoms with Crippen molar-refractivity contribution in [2.45, 2.75) is 56.3 Å². The van der Waals surface area contributed by atoms with E-state index in [1.165, 1.54) is 24.3 Å². The highest BCUT2D eigenvalue weighted by Gasteiger charge is 2.32. The molecule has 1 heterocycles. The topological polar surface area (TPSA) is 290 Å². The van der Waals surface area contributed by atoms with E-state index < -0.39 is 85.1 Å². The van der Waals surface area contributed by atoms with Crippen LogP contribution in [0.25, 0.3) is 10.9 Å². The van der Waals surface area contributed by atoms with E-state index >= 15 is 0 Å². The number of aromatic hydroxyl groups is 1. The third kappa shape index (κ3) is 11.1. The first kappa shape index (κ1) is 36.5. The Kier molecular flexibility index (Phi) is 13.0. The van der Waals surface area contributed by atoms with Crippen molar-refractivity contribution in [3.05, 3.63) is 65.9 Å². The molecule has 0 saturated carbocycles. The van der Waals surface area contributed by atoms with Crippen LogP contribution in [-0.2, 0) is 46.4 Å². The Hall–Kier alpha value is -5.97. The number of aromatic amines is 1. The predicted molar refractivity (Wildman–Crippen MR) is 167 cm³/mol. The Bertz CT molecular complexity index is 1660. The minimum absolute atomic E-state index is 0.0731. The van der Waals surface area contributed by atoms with Gasteiger partial charge in [0.2, 0.25) is 23.6 Å². The minimum atomic E-state index is -1.77. The molecule has 0 saturated heterocycles. The van der Waals surface area contributed by atoms with Crippen LogP contribution in [0.2, 0.25) is 0 Å². The van der Waals surface area contributed by atoms with Crippen LogP contribution in [0, 0.1) is 0 Å². The first-order chi connectivity index (χ1) is 22.7. The van der Waals surface area contributed by atoms with Crippen LogP contribution in [0.4, 0.5) is 0 Å². The van der Waals surface area contributed by atoms with Crippen molar-refractivity contribution in [2.24, 2.45) is 5.73 Å². The Labute approximate surface area is 272 Å². The molecule has 17 nitrogen and oxygen atoms in total. The van der Waals surface area contributed by atoms with Gasteiger partial charge in [-0.05, 0) is 35.7 Å². The number of carboxylic acid groups (broad SMARTS) is 3. The number of fused-ring (bicyclic) bond motifs is 1. The standard InChI is InChI=1S/C31H36N6O11/c32-20(9-10-25(39)40)28(45)35-23(12-17-14-33-21-4-2-1-3-19(17)21)30(47)37-24(13-26(41)42)31(48)36-22(29(46)34-15-27(43)44)11-16-5-7-18(38)8-6-16/h1-8,14,20,22-24,33,38H,9-13,15,32H2,(H,34,46)(H,35,45)(H,36,48)(H,37,47)(H,39,40)(H,41,42)(H,43,44). The Morgan fingerprint density at radius 2 is 1.31 bits per heavy atom. The number of rotatable bonds is 18. The number of phenolic OH excluding ortho intramolecular Hbond substituents is 1. The zero-order valence-corrected chi connectivity index (χ0v) is 25.5. The molecule has 0 aliphatic carbocycles. The Morgan fingerprint density at radius 3 is 1.96 bits per heavy atom. The predicted octanol–water partition coefficient (Wildman–Crippen LogP) is -1.02. The molecular weight excluding hydrogens is 632 g/mol. The van der Waals surface area contributed by atoms with E-state index in [-0.39, 0.29) is 25.0 Å². The summed E-state index contributed by atoms with van der Waals surface area (Å²) in [6.07, 6.45) is -0.327. The molecule has 0 fully saturated rings. The van der Waals surface area contributed by atoms with Crippen LogP contribution in [-0.4, -0.2) is 97.7 Å². The summed E-state index contributed by atoms with van der Waals surface area (Å²) in [4.78, 5) is 89.6. The molecule has 0 aliphatic heterocycles. The number of aliphatic carboxylic acids is 3. The third-order valence-electron chi connectivity index (χ3n) is 7.17. The van der Waals surface area contributed by atoms with Gasteiger partial charge >= 0.3 is 17.9 Å². The number of carboxylic acids is 3. The molecule has 11 N–H and O–H groups in total. The van der Waals surface area contributed by atoms with Crippen molar-refractivity contribution in [2.75, 3.05) is 6.54 Å². The number of carbonyl (C=O) groups excluding carboxylic acids is 4. The minimum Gasteiger partial charge on any atom is -0.508 e. The number of hydrogen-bond acceptors (Lipinski definition) is 9. The number of amides is 4. The summed E-state index contributed by atoms with van der Waals surface area (Å²) in [5.41, 5.74) is 7.59. The molecule has 0 bridgehead atoms. The molecule has 0 radical (unpaired) electrons. The first-order valence-electron chi connectivity index (χ1n) is 14.7. The van der Waals surface area contributed by atoms with Crippen LogP contribution in [0.3, 0.4) is 0 Å². The second-order valence-electron chi connectivity index (χ2n) is 10.9. The Morgan fingerprint density at radius 1 is 0.708 bits per heavy atom. The normalized spacial score (nSPS) is 13.4. The summed E-state index contributed by atoms with van der Waals surface area (Å²) in [5.74, 6) is -7.97. The molecule has 4 atom stereocenters. The number of phenols is 1. The van der Waals surface area contributed by atoms with Gasteiger partial charge in [-0.2, -0.15) is 0 Å². The largest absolute Gasteiger partial charge is 0.508 e. The molecule has 1 aromatic heterocycles. The van der Waals surface area contributed by atoms with E-state index in [1.807, 2.05) is 0 Å². The van der Waals surface area contributed by atoms with Crippen molar-refractivity contribution < 1.29 is 54.0 Å². The highest BCUT2D eigenvalue weighted by molar-refractivity contribution is 5.97. The zero-order chi connectivity index (χ0) is 35.4. The number of aromatic nitrogens is 1. The van der Waals surface area contributed by atoms with Gasteiger partial charge in [-0.3, -0.25) is 33.6 Å². The number of nitrogens with two attached hydrogens (primary N) is 1. The number of nitrogens with one attached hydrogen (secondary N) is 5. The lowest BCUT2D eigenvalue weighted by molar-refractivity contribution is -0.142. The maximum Gasteiger partial charge on any atom is 0.322 e. The summed E-state index contributed by atoms with van der Waals surface area (Å²) in [5, 5.41) is 47.0. The van der Waals surface area contributed by atoms with E-state index in [0.717, 1.165) is 5.52 Å². The zero-order valence-electron chi connectivity index (χ0n) is 25.5. The molecular formula is C31H36N6O11. The van der Waals surface area contributed by atoms with Gasteiger partial charge in [-0.1, -0.05) is 30.3 Å². The van der Waals surface area contributed by atoms with Crippen LogP contribution >= 0.6 is 0 Å². The second kappa shape index (κ2) is 17.1. The molecule has 4 unspecified atom stereocenters. The lowest BCUT2D eigenvalue weighted by Gasteiger charge is -2.25. The summed E-state index contributed by atoms with van der Waals surface area (Å²) in [7, 11) is 0. The number of carbonyl (C=O) groups is 7. The summed E-state index contributed by atoms with van der Waals surface area (Å²) in [6, 6.07) is 6.72. The fourth-order valence-electron chi connectivity index (χ4n) is 4.71. The van der Waals surface area contributed by atoms with Crippen molar-refractivity contribution in [1.82, 2.24) is 26.3 Å². The maximum absolute atomic E-state index is 13.6. The fourth-order valence-corrected chi connectivity index (χ4v) is 4.71. The van der Waals surface area contributed by atoms with Gasteiger partial charge in [-0.25, -0.2) is 0 Å². The smallest absolute Gasteiger partial charge is 0.322 e. The quantitative estimate of drug-likeness (QED) is 0.0779. The molecule has 4 amide bonds. The van der Waals surface area contributed by atoms with Crippen LogP contribution in [0.1, 0.15) is 30.4 Å². The van der Waals surface area contributed by atoms with Crippen LogP contribution in [0.5, 0.6) is 5.75 Å². The van der Waals surface area contributed by atoms with Gasteiger partial charge in [0, 0.05) is 36.4 Å². The summed E-state index contributed by atoms with van der Waals surface area (Å²) < 4.78 is 0. The lowest BCUT2D eigenvalue weighted by Crippen LogP contribution is -2.59. The van der Waals surface area contributed by atoms with Gasteiger partial charge < -0.3 is 52.4 Å². The van der Waals surface area contributed by atoms with E-state index in [9.17, 15) is 43.8 Å². The lowest BCUT2D eigenvalue weighted by atomic mass is 10.0.